The summed E-state index contributed by atoms with van der Waals surface area (Å²) >= 11 is 0. The van der Waals surface area contributed by atoms with Gasteiger partial charge in [0, 0.05) is 58.9 Å². The molecule has 2 fully saturated rings. The molecule has 0 saturated carbocycles. The Labute approximate surface area is 194 Å². The quantitative estimate of drug-likeness (QED) is 0.494. The number of benzene rings is 1. The predicted octanol–water partition coefficient (Wildman–Crippen LogP) is 2.10. The monoisotopic (exact) mass is 442 g/mol. The van der Waals surface area contributed by atoms with Gasteiger partial charge in [-0.25, -0.2) is 4.99 Å². The van der Waals surface area contributed by atoms with Crippen molar-refractivity contribution >= 4 is 11.9 Å². The molecule has 3 rings (SSSR count). The van der Waals surface area contributed by atoms with Crippen LogP contribution in [-0.4, -0.2) is 103 Å². The molecular weight excluding hydrogens is 400 g/mol. The van der Waals surface area contributed by atoms with Gasteiger partial charge in [-0.2, -0.15) is 0 Å². The van der Waals surface area contributed by atoms with E-state index in [0.717, 1.165) is 71.0 Å². The van der Waals surface area contributed by atoms with Gasteiger partial charge in [0.1, 0.15) is 6.54 Å². The van der Waals surface area contributed by atoms with Crippen LogP contribution in [0.25, 0.3) is 0 Å². The van der Waals surface area contributed by atoms with E-state index in [-0.39, 0.29) is 12.5 Å². The second-order valence-electron chi connectivity index (χ2n) is 9.22. The van der Waals surface area contributed by atoms with Crippen LogP contribution in [0.5, 0.6) is 0 Å². The van der Waals surface area contributed by atoms with Gasteiger partial charge in [0.15, 0.2) is 5.96 Å². The molecule has 2 saturated heterocycles. The molecule has 0 aromatic heterocycles. The molecule has 7 nitrogen and oxygen atoms in total. The van der Waals surface area contributed by atoms with E-state index in [9.17, 15) is 4.79 Å². The van der Waals surface area contributed by atoms with Crippen LogP contribution < -0.4 is 5.32 Å². The number of hydrogen-bond donors (Lipinski definition) is 1. The highest BCUT2D eigenvalue weighted by Gasteiger charge is 2.30. The summed E-state index contributed by atoms with van der Waals surface area (Å²) < 4.78 is 0. The highest BCUT2D eigenvalue weighted by molar-refractivity contribution is 5.85. The molecule has 0 aliphatic carbocycles. The third-order valence-corrected chi connectivity index (χ3v) is 6.82. The van der Waals surface area contributed by atoms with Gasteiger partial charge >= 0.3 is 0 Å². The van der Waals surface area contributed by atoms with Crippen molar-refractivity contribution < 1.29 is 4.79 Å². The highest BCUT2D eigenvalue weighted by Crippen LogP contribution is 2.18. The van der Waals surface area contributed by atoms with E-state index in [4.69, 9.17) is 4.99 Å². The SMILES string of the molecule is CCN(CC)C1CCN(C(=NCC(=O)N(C)C)NC2CCN(Cc3ccccc3)CC2)C1. The third kappa shape index (κ3) is 6.94. The van der Waals surface area contributed by atoms with E-state index in [1.165, 1.54) is 5.56 Å². The van der Waals surface area contributed by atoms with E-state index >= 15 is 0 Å². The molecule has 2 aliphatic heterocycles. The lowest BCUT2D eigenvalue weighted by molar-refractivity contribution is -0.127. The number of hydrogen-bond acceptors (Lipinski definition) is 4. The Morgan fingerprint density at radius 2 is 1.75 bits per heavy atom. The van der Waals surface area contributed by atoms with Crippen molar-refractivity contribution in [3.8, 4) is 0 Å². The number of amides is 1. The summed E-state index contributed by atoms with van der Waals surface area (Å²) in [5, 5.41) is 3.73. The molecule has 0 spiro atoms. The number of guanidine groups is 1. The minimum atomic E-state index is 0.0430. The van der Waals surface area contributed by atoms with Crippen LogP contribution >= 0.6 is 0 Å². The summed E-state index contributed by atoms with van der Waals surface area (Å²) in [6.07, 6.45) is 3.35. The van der Waals surface area contributed by atoms with Crippen molar-refractivity contribution in [3.05, 3.63) is 35.9 Å². The minimum Gasteiger partial charge on any atom is -0.353 e. The number of nitrogens with one attached hydrogen (secondary N) is 1. The maximum Gasteiger partial charge on any atom is 0.243 e. The Hall–Kier alpha value is -2.12. The molecular formula is C25H42N6O. The van der Waals surface area contributed by atoms with E-state index in [2.05, 4.69) is 64.2 Å². The smallest absolute Gasteiger partial charge is 0.243 e. The Kier molecular flexibility index (Phi) is 9.36. The first-order valence-electron chi connectivity index (χ1n) is 12.3. The first kappa shape index (κ1) is 24.5. The minimum absolute atomic E-state index is 0.0430. The van der Waals surface area contributed by atoms with Crippen molar-refractivity contribution in [1.82, 2.24) is 24.9 Å². The maximum absolute atomic E-state index is 12.2. The lowest BCUT2D eigenvalue weighted by atomic mass is 10.0. The van der Waals surface area contributed by atoms with Crippen molar-refractivity contribution in [2.45, 2.75) is 51.7 Å². The summed E-state index contributed by atoms with van der Waals surface area (Å²) in [6, 6.07) is 11.7. The first-order chi connectivity index (χ1) is 15.5. The number of carbonyl (C=O) groups is 1. The molecule has 0 radical (unpaired) electrons. The largest absolute Gasteiger partial charge is 0.353 e. The van der Waals surface area contributed by atoms with Crippen LogP contribution in [0.1, 0.15) is 38.7 Å². The van der Waals surface area contributed by atoms with Crippen LogP contribution in [0.15, 0.2) is 35.3 Å². The number of piperidine rings is 1. The number of aliphatic imine (C=N–C) groups is 1. The zero-order chi connectivity index (χ0) is 22.9. The van der Waals surface area contributed by atoms with Gasteiger partial charge in [0.05, 0.1) is 0 Å². The summed E-state index contributed by atoms with van der Waals surface area (Å²) in [7, 11) is 3.58. The zero-order valence-corrected chi connectivity index (χ0v) is 20.5. The summed E-state index contributed by atoms with van der Waals surface area (Å²) in [5.74, 6) is 0.956. The molecule has 1 aromatic carbocycles. The van der Waals surface area contributed by atoms with E-state index in [1.807, 2.05) is 0 Å². The molecule has 0 bridgehead atoms. The molecule has 2 aliphatic rings. The summed E-state index contributed by atoms with van der Waals surface area (Å²) in [5.41, 5.74) is 1.38. The predicted molar refractivity (Wildman–Crippen MR) is 132 cm³/mol. The maximum atomic E-state index is 12.2. The van der Waals surface area contributed by atoms with Crippen molar-refractivity contribution in [3.63, 3.8) is 0 Å². The van der Waals surface area contributed by atoms with E-state index in [1.54, 1.807) is 19.0 Å². The third-order valence-electron chi connectivity index (χ3n) is 6.82. The first-order valence-corrected chi connectivity index (χ1v) is 12.3. The molecule has 1 amide bonds. The van der Waals surface area contributed by atoms with Crippen LogP contribution in [0.2, 0.25) is 0 Å². The lowest BCUT2D eigenvalue weighted by Crippen LogP contribution is -2.50. The summed E-state index contributed by atoms with van der Waals surface area (Å²) in [6.45, 7) is 12.0. The standard InChI is InChI=1S/C25H42N6O/c1-5-30(6-2)23-14-17-31(20-23)25(26-18-24(32)28(3)4)27-22-12-15-29(16-13-22)19-21-10-8-7-9-11-21/h7-11,22-23H,5-6,12-20H2,1-4H3,(H,26,27). The van der Waals surface area contributed by atoms with Crippen LogP contribution in [-0.2, 0) is 11.3 Å². The van der Waals surface area contributed by atoms with Gasteiger partial charge in [-0.05, 0) is 37.9 Å². The Bertz CT molecular complexity index is 725. The van der Waals surface area contributed by atoms with Crippen LogP contribution in [0.3, 0.4) is 0 Å². The topological polar surface area (TPSA) is 54.4 Å². The van der Waals surface area contributed by atoms with E-state index in [0.29, 0.717) is 12.1 Å². The number of nitrogens with zero attached hydrogens (tertiary/aromatic N) is 5. The fourth-order valence-electron chi connectivity index (χ4n) is 4.75. The molecule has 178 valence electrons. The van der Waals surface area contributed by atoms with Gasteiger partial charge < -0.3 is 15.1 Å². The van der Waals surface area contributed by atoms with Crippen LogP contribution in [0.4, 0.5) is 0 Å². The van der Waals surface area contributed by atoms with Gasteiger partial charge in [-0.1, -0.05) is 44.2 Å². The van der Waals surface area contributed by atoms with Crippen molar-refractivity contribution in [2.75, 3.05) is 59.9 Å². The number of rotatable bonds is 8. The second-order valence-corrected chi connectivity index (χ2v) is 9.22. The van der Waals surface area contributed by atoms with Gasteiger partial charge in [-0.3, -0.25) is 14.6 Å². The van der Waals surface area contributed by atoms with Crippen molar-refractivity contribution in [2.24, 2.45) is 4.99 Å². The fourth-order valence-corrected chi connectivity index (χ4v) is 4.75. The van der Waals surface area contributed by atoms with Crippen LogP contribution in [0, 0.1) is 0 Å². The zero-order valence-electron chi connectivity index (χ0n) is 20.5. The number of likely N-dealkylation sites (tertiary alicyclic amines) is 2. The number of likely N-dealkylation sites (N-methyl/N-ethyl adjacent to an activating group) is 2. The van der Waals surface area contributed by atoms with E-state index < -0.39 is 0 Å². The molecule has 7 heteroatoms. The fraction of sp³-hybridized carbons (Fsp3) is 0.680. The second kappa shape index (κ2) is 12.2. The van der Waals surface area contributed by atoms with Gasteiger partial charge in [-0.15, -0.1) is 0 Å². The highest BCUT2D eigenvalue weighted by atomic mass is 16.2. The van der Waals surface area contributed by atoms with Gasteiger partial charge in [0.2, 0.25) is 5.91 Å². The average Bonchev–Trinajstić information content (AvgIpc) is 3.29. The Morgan fingerprint density at radius 3 is 2.38 bits per heavy atom. The molecule has 32 heavy (non-hydrogen) atoms. The number of carbonyl (C=O) groups excluding carboxylic acids is 1. The van der Waals surface area contributed by atoms with Crippen molar-refractivity contribution in [1.29, 1.82) is 0 Å². The average molecular weight is 443 g/mol. The Morgan fingerprint density at radius 1 is 1.06 bits per heavy atom. The normalized spacial score (nSPS) is 20.7. The molecule has 1 N–H and O–H groups in total. The molecule has 1 aromatic rings. The molecule has 1 unspecified atom stereocenters. The lowest BCUT2D eigenvalue weighted by Gasteiger charge is -2.35. The Balaban J connectivity index is 1.58. The van der Waals surface area contributed by atoms with Gasteiger partial charge in [0.25, 0.3) is 0 Å². The molecule has 2 heterocycles. The summed E-state index contributed by atoms with van der Waals surface area (Å²) in [4.78, 5) is 26.0. The molecule has 1 atom stereocenters.